The zero-order valence-electron chi connectivity index (χ0n) is 27.6. The summed E-state index contributed by atoms with van der Waals surface area (Å²) in [5, 5.41) is 17.5. The molecule has 0 fully saturated rings. The first kappa shape index (κ1) is 29.9. The van der Waals surface area contributed by atoms with Gasteiger partial charge >= 0.3 is 0 Å². The molecule has 236 valence electrons. The molecule has 0 amide bonds. The van der Waals surface area contributed by atoms with E-state index in [0.717, 1.165) is 8.95 Å². The Balaban J connectivity index is 1.54. The molecule has 0 nitrogen and oxygen atoms in total. The van der Waals surface area contributed by atoms with Crippen molar-refractivity contribution in [3.8, 4) is 22.3 Å². The average molecular weight is 767 g/mol. The molecule has 0 aliphatic heterocycles. The first-order valence-electron chi connectivity index (χ1n) is 17.1. The van der Waals surface area contributed by atoms with Gasteiger partial charge < -0.3 is 0 Å². The second-order valence-electron chi connectivity index (χ2n) is 13.5. The van der Waals surface area contributed by atoms with Crippen LogP contribution in [0.4, 0.5) is 0 Å². The van der Waals surface area contributed by atoms with Crippen molar-refractivity contribution >= 4 is 107 Å². The van der Waals surface area contributed by atoms with Gasteiger partial charge in [-0.2, -0.15) is 0 Å². The molecule has 0 saturated carbocycles. The molecule has 0 aliphatic carbocycles. The highest BCUT2D eigenvalue weighted by atomic mass is 79.9. The largest absolute Gasteiger partial charge is 0.0616 e. The van der Waals surface area contributed by atoms with Gasteiger partial charge in [-0.15, -0.1) is 0 Å². The molecule has 0 spiro atoms. The summed E-state index contributed by atoms with van der Waals surface area (Å²) in [5.74, 6) is 0. The predicted molar refractivity (Wildman–Crippen MR) is 225 cm³/mol. The minimum Gasteiger partial charge on any atom is -0.0616 e. The zero-order chi connectivity index (χ0) is 33.7. The van der Waals surface area contributed by atoms with Crippen LogP contribution in [-0.2, 0) is 0 Å². The minimum atomic E-state index is 1.14. The standard InChI is InChI=1S/C48H30Br2/c1-27-23-24-28(2)40-26-42-41(25-39(27)40)45(43-31-15-5-9-19-35(31)47(49)36-20-10-6-16-32(36)43)29-13-3-4-14-30(29)46(42)44-33-17-7-11-21-37(33)48(50)38-22-12-8-18-34(38)44/h3-26H,1-2H3. The SMILES string of the molecule is Cc1ccc(C)c2cc3c(-c4c5ccccc5c(Br)c5ccccc45)c4ccccc4c(-c4c5ccccc5c(Br)c5ccccc45)c3cc12. The normalized spacial score (nSPS) is 12.0. The fourth-order valence-corrected chi connectivity index (χ4v) is 9.92. The molecule has 10 rings (SSSR count). The van der Waals surface area contributed by atoms with E-state index in [1.54, 1.807) is 0 Å². The minimum absolute atomic E-state index is 1.14. The van der Waals surface area contributed by atoms with Gasteiger partial charge in [-0.1, -0.05) is 133 Å². The maximum absolute atomic E-state index is 4.03. The number of benzene rings is 10. The molecule has 50 heavy (non-hydrogen) atoms. The Bertz CT molecular complexity index is 2760. The van der Waals surface area contributed by atoms with Crippen molar-refractivity contribution in [2.24, 2.45) is 0 Å². The maximum atomic E-state index is 4.03. The Kier molecular flexibility index (Phi) is 6.72. The summed E-state index contributed by atoms with van der Waals surface area (Å²) in [6.45, 7) is 4.49. The predicted octanol–water partition coefficient (Wildman–Crippen LogP) is 15.2. The van der Waals surface area contributed by atoms with Crippen LogP contribution in [0.3, 0.4) is 0 Å². The van der Waals surface area contributed by atoms with Crippen molar-refractivity contribution in [1.82, 2.24) is 0 Å². The third kappa shape index (κ3) is 4.16. The molecule has 0 radical (unpaired) electrons. The lowest BCUT2D eigenvalue weighted by Crippen LogP contribution is -1.96. The Morgan fingerprint density at radius 3 is 0.760 bits per heavy atom. The number of hydrogen-bond acceptors (Lipinski definition) is 0. The molecule has 2 heteroatoms. The molecule has 0 atom stereocenters. The molecule has 0 aromatic heterocycles. The van der Waals surface area contributed by atoms with Gasteiger partial charge in [0.2, 0.25) is 0 Å². The number of rotatable bonds is 2. The Morgan fingerprint density at radius 2 is 0.480 bits per heavy atom. The van der Waals surface area contributed by atoms with Crippen LogP contribution < -0.4 is 0 Å². The molecule has 10 aromatic carbocycles. The Morgan fingerprint density at radius 1 is 0.260 bits per heavy atom. The molecule has 0 saturated heterocycles. The van der Waals surface area contributed by atoms with E-state index in [0.29, 0.717) is 0 Å². The van der Waals surface area contributed by atoms with Crippen molar-refractivity contribution in [3.05, 3.63) is 166 Å². The van der Waals surface area contributed by atoms with Crippen LogP contribution in [-0.4, -0.2) is 0 Å². The monoisotopic (exact) mass is 764 g/mol. The molecule has 0 aliphatic rings. The highest BCUT2D eigenvalue weighted by Crippen LogP contribution is 2.52. The smallest absolute Gasteiger partial charge is 0.0332 e. The van der Waals surface area contributed by atoms with Crippen LogP contribution in [0.2, 0.25) is 0 Å². The van der Waals surface area contributed by atoms with Crippen molar-refractivity contribution in [2.45, 2.75) is 13.8 Å². The molecule has 0 unspecified atom stereocenters. The van der Waals surface area contributed by atoms with Gasteiger partial charge in [0.1, 0.15) is 0 Å². The van der Waals surface area contributed by atoms with E-state index in [2.05, 4.69) is 191 Å². The van der Waals surface area contributed by atoms with Crippen molar-refractivity contribution in [1.29, 1.82) is 0 Å². The highest BCUT2D eigenvalue weighted by Gasteiger charge is 2.24. The van der Waals surface area contributed by atoms with Crippen LogP contribution >= 0.6 is 31.9 Å². The van der Waals surface area contributed by atoms with E-state index >= 15 is 0 Å². The summed E-state index contributed by atoms with van der Waals surface area (Å²) in [6.07, 6.45) is 0. The lowest BCUT2D eigenvalue weighted by molar-refractivity contribution is 1.47. The summed E-state index contributed by atoms with van der Waals surface area (Å²) >= 11 is 8.06. The quantitative estimate of drug-likeness (QED) is 0.154. The van der Waals surface area contributed by atoms with Gasteiger partial charge in [0.05, 0.1) is 0 Å². The van der Waals surface area contributed by atoms with Gasteiger partial charge in [-0.3, -0.25) is 0 Å². The first-order chi connectivity index (χ1) is 24.5. The van der Waals surface area contributed by atoms with E-state index in [1.165, 1.54) is 109 Å². The number of aryl methyl sites for hydroxylation is 2. The van der Waals surface area contributed by atoms with Crippen molar-refractivity contribution in [3.63, 3.8) is 0 Å². The zero-order valence-corrected chi connectivity index (χ0v) is 30.8. The lowest BCUT2D eigenvalue weighted by atomic mass is 9.80. The van der Waals surface area contributed by atoms with Crippen molar-refractivity contribution in [2.75, 3.05) is 0 Å². The summed E-state index contributed by atoms with van der Waals surface area (Å²) < 4.78 is 2.28. The van der Waals surface area contributed by atoms with Gasteiger partial charge in [-0.25, -0.2) is 0 Å². The molecule has 10 aromatic rings. The van der Waals surface area contributed by atoms with Crippen LogP contribution in [0.25, 0.3) is 97.7 Å². The third-order valence-corrected chi connectivity index (χ3v) is 12.5. The Labute approximate surface area is 307 Å². The Hall–Kier alpha value is -5.02. The first-order valence-corrected chi connectivity index (χ1v) is 18.7. The van der Waals surface area contributed by atoms with Gasteiger partial charge in [0.25, 0.3) is 0 Å². The van der Waals surface area contributed by atoms with E-state index in [-0.39, 0.29) is 0 Å². The van der Waals surface area contributed by atoms with E-state index < -0.39 is 0 Å². The van der Waals surface area contributed by atoms with E-state index in [4.69, 9.17) is 0 Å². The number of halogens is 2. The molecular formula is C48H30Br2. The average Bonchev–Trinajstić information content (AvgIpc) is 3.16. The molecule has 0 N–H and O–H groups in total. The van der Waals surface area contributed by atoms with Crippen LogP contribution in [0.1, 0.15) is 11.1 Å². The molecular weight excluding hydrogens is 736 g/mol. The lowest BCUT2D eigenvalue weighted by Gasteiger charge is -2.23. The summed E-state index contributed by atoms with van der Waals surface area (Å²) in [7, 11) is 0. The molecule has 0 heterocycles. The topological polar surface area (TPSA) is 0 Å². The van der Waals surface area contributed by atoms with Gasteiger partial charge in [-0.05, 0) is 167 Å². The second-order valence-corrected chi connectivity index (χ2v) is 15.1. The fourth-order valence-electron chi connectivity index (χ4n) is 8.53. The van der Waals surface area contributed by atoms with Crippen molar-refractivity contribution < 1.29 is 0 Å². The summed E-state index contributed by atoms with van der Waals surface area (Å²) in [5.41, 5.74) is 7.71. The van der Waals surface area contributed by atoms with Gasteiger partial charge in [0, 0.05) is 8.95 Å². The third-order valence-electron chi connectivity index (χ3n) is 10.8. The maximum Gasteiger partial charge on any atom is 0.0332 e. The van der Waals surface area contributed by atoms with E-state index in [1.807, 2.05) is 0 Å². The fraction of sp³-hybridized carbons (Fsp3) is 0.0417. The highest BCUT2D eigenvalue weighted by molar-refractivity contribution is 9.11. The summed E-state index contributed by atoms with van der Waals surface area (Å²) in [4.78, 5) is 0. The molecule has 0 bridgehead atoms. The van der Waals surface area contributed by atoms with Gasteiger partial charge in [0.15, 0.2) is 0 Å². The second kappa shape index (κ2) is 11.3. The van der Waals surface area contributed by atoms with E-state index in [9.17, 15) is 0 Å². The number of fused-ring (bicyclic) bond motifs is 7. The summed E-state index contributed by atoms with van der Waals surface area (Å²) in [6, 6.07) is 54.1. The van der Waals surface area contributed by atoms with Crippen LogP contribution in [0, 0.1) is 13.8 Å². The van der Waals surface area contributed by atoms with Crippen LogP contribution in [0.15, 0.2) is 155 Å². The van der Waals surface area contributed by atoms with Crippen LogP contribution in [0.5, 0.6) is 0 Å². The number of hydrogen-bond donors (Lipinski definition) is 0.